The predicted octanol–water partition coefficient (Wildman–Crippen LogP) is 4.20. The third kappa shape index (κ3) is 6.18. The van der Waals surface area contributed by atoms with Gasteiger partial charge in [-0.2, -0.15) is 0 Å². The van der Waals surface area contributed by atoms with Gasteiger partial charge in [-0.1, -0.05) is 0 Å². The quantitative estimate of drug-likeness (QED) is 0.551. The van der Waals surface area contributed by atoms with Gasteiger partial charge in [0, 0.05) is 0 Å². The van der Waals surface area contributed by atoms with Crippen molar-refractivity contribution in [3.05, 3.63) is 29.8 Å². The van der Waals surface area contributed by atoms with Crippen LogP contribution in [0.25, 0.3) is 0 Å². The third-order valence-corrected chi connectivity index (χ3v) is 3.86. The molecule has 22 heavy (non-hydrogen) atoms. The number of esters is 1. The first kappa shape index (κ1) is 18.7. The fourth-order valence-electron chi connectivity index (χ4n) is 1.52. The molecule has 124 valence electrons. The molecule has 0 fully saturated rings. The SMILES string of the molecule is CCOP(=O)(OCC)Oc1ccc(C(=O)OC(C)(C)C)cc1. The van der Waals surface area contributed by atoms with Crippen LogP contribution in [-0.4, -0.2) is 24.8 Å². The average molecular weight is 330 g/mol. The fraction of sp³-hybridized carbons (Fsp3) is 0.533. The zero-order valence-corrected chi connectivity index (χ0v) is 14.5. The summed E-state index contributed by atoms with van der Waals surface area (Å²) < 4.78 is 32.8. The molecule has 0 aliphatic heterocycles. The van der Waals surface area contributed by atoms with Crippen molar-refractivity contribution in [2.75, 3.05) is 13.2 Å². The van der Waals surface area contributed by atoms with Crippen LogP contribution >= 0.6 is 7.82 Å². The Kier molecular flexibility index (Phi) is 6.60. The number of benzene rings is 1. The molecule has 0 bridgehead atoms. The molecule has 0 aliphatic carbocycles. The minimum absolute atomic E-state index is 0.202. The Bertz CT molecular complexity index is 522. The maximum atomic E-state index is 12.2. The lowest BCUT2D eigenvalue weighted by Crippen LogP contribution is -2.23. The van der Waals surface area contributed by atoms with E-state index >= 15 is 0 Å². The van der Waals surface area contributed by atoms with E-state index in [4.69, 9.17) is 18.3 Å². The molecule has 0 amide bonds. The van der Waals surface area contributed by atoms with E-state index < -0.39 is 19.4 Å². The highest BCUT2D eigenvalue weighted by molar-refractivity contribution is 7.48. The van der Waals surface area contributed by atoms with Crippen molar-refractivity contribution >= 4 is 13.8 Å². The third-order valence-electron chi connectivity index (χ3n) is 2.28. The highest BCUT2D eigenvalue weighted by atomic mass is 31.2. The van der Waals surface area contributed by atoms with Crippen LogP contribution in [0.3, 0.4) is 0 Å². The first-order valence-electron chi connectivity index (χ1n) is 7.11. The molecule has 0 aromatic heterocycles. The van der Waals surface area contributed by atoms with E-state index in [0.717, 1.165) is 0 Å². The van der Waals surface area contributed by atoms with Crippen molar-refractivity contribution in [2.45, 2.75) is 40.2 Å². The molecule has 0 aliphatic rings. The van der Waals surface area contributed by atoms with Crippen molar-refractivity contribution in [2.24, 2.45) is 0 Å². The Labute approximate surface area is 131 Å². The van der Waals surface area contributed by atoms with E-state index in [1.54, 1.807) is 34.6 Å². The number of rotatable bonds is 7. The number of carbonyl (C=O) groups is 1. The van der Waals surface area contributed by atoms with E-state index in [1.807, 2.05) is 0 Å². The zero-order valence-electron chi connectivity index (χ0n) is 13.6. The number of carbonyl (C=O) groups excluding carboxylic acids is 1. The summed E-state index contributed by atoms with van der Waals surface area (Å²) >= 11 is 0. The van der Waals surface area contributed by atoms with Gasteiger partial charge in [-0.25, -0.2) is 9.36 Å². The van der Waals surface area contributed by atoms with Gasteiger partial charge in [-0.15, -0.1) is 0 Å². The number of phosphoric acid groups is 1. The van der Waals surface area contributed by atoms with Crippen LogP contribution in [0.5, 0.6) is 5.75 Å². The second kappa shape index (κ2) is 7.77. The maximum Gasteiger partial charge on any atom is 0.530 e. The molecule has 0 N–H and O–H groups in total. The Balaban J connectivity index is 2.80. The molecule has 7 heteroatoms. The average Bonchev–Trinajstić information content (AvgIpc) is 2.37. The highest BCUT2D eigenvalue weighted by Gasteiger charge is 2.27. The normalized spacial score (nSPS) is 12.0. The molecule has 0 spiro atoms. The summed E-state index contributed by atoms with van der Waals surface area (Å²) in [6, 6.07) is 6.10. The summed E-state index contributed by atoms with van der Waals surface area (Å²) in [4.78, 5) is 11.9. The summed E-state index contributed by atoms with van der Waals surface area (Å²) in [6.45, 7) is 9.18. The fourth-order valence-corrected chi connectivity index (χ4v) is 2.72. The molecular formula is C15H23O6P. The number of phosphoric ester groups is 1. The summed E-state index contributed by atoms with van der Waals surface area (Å²) in [6.07, 6.45) is 0. The predicted molar refractivity (Wildman–Crippen MR) is 83.1 cm³/mol. The second-order valence-electron chi connectivity index (χ2n) is 5.40. The molecule has 1 aromatic rings. The Hall–Kier alpha value is -1.36. The van der Waals surface area contributed by atoms with Gasteiger partial charge in [-0.05, 0) is 58.9 Å². The van der Waals surface area contributed by atoms with Crippen LogP contribution < -0.4 is 4.52 Å². The molecule has 1 rings (SSSR count). The van der Waals surface area contributed by atoms with Crippen LogP contribution in [-0.2, 0) is 18.3 Å². The van der Waals surface area contributed by atoms with Crippen LogP contribution in [0.15, 0.2) is 24.3 Å². The van der Waals surface area contributed by atoms with Crippen LogP contribution in [0.4, 0.5) is 0 Å². The van der Waals surface area contributed by atoms with Gasteiger partial charge in [0.25, 0.3) is 0 Å². The van der Waals surface area contributed by atoms with Crippen molar-refractivity contribution in [1.29, 1.82) is 0 Å². The molecule has 0 saturated carbocycles. The van der Waals surface area contributed by atoms with Gasteiger partial charge in [0.15, 0.2) is 0 Å². The lowest BCUT2D eigenvalue weighted by atomic mass is 10.1. The number of hydrogen-bond acceptors (Lipinski definition) is 6. The van der Waals surface area contributed by atoms with Crippen molar-refractivity contribution in [3.63, 3.8) is 0 Å². The second-order valence-corrected chi connectivity index (χ2v) is 6.99. The summed E-state index contributed by atoms with van der Waals surface area (Å²) in [7, 11) is -3.63. The van der Waals surface area contributed by atoms with Gasteiger partial charge in [-0.3, -0.25) is 9.05 Å². The standard InChI is InChI=1S/C15H23O6P/c1-6-18-22(17,19-7-2)21-13-10-8-12(9-11-13)14(16)20-15(3,4)5/h8-11H,6-7H2,1-5H3. The molecule has 6 nitrogen and oxygen atoms in total. The molecule has 0 atom stereocenters. The van der Waals surface area contributed by atoms with Crippen LogP contribution in [0.2, 0.25) is 0 Å². The van der Waals surface area contributed by atoms with Crippen molar-refractivity contribution in [1.82, 2.24) is 0 Å². The maximum absolute atomic E-state index is 12.2. The number of ether oxygens (including phenoxy) is 1. The summed E-state index contributed by atoms with van der Waals surface area (Å²) in [5.41, 5.74) is -0.184. The van der Waals surface area contributed by atoms with Crippen molar-refractivity contribution < 1.29 is 27.7 Å². The molecule has 0 saturated heterocycles. The van der Waals surface area contributed by atoms with E-state index in [1.165, 1.54) is 24.3 Å². The van der Waals surface area contributed by atoms with Gasteiger partial charge >= 0.3 is 13.8 Å². The largest absolute Gasteiger partial charge is 0.530 e. The topological polar surface area (TPSA) is 71.1 Å². The molecule has 0 unspecified atom stereocenters. The van der Waals surface area contributed by atoms with Gasteiger partial charge < -0.3 is 9.26 Å². The first-order chi connectivity index (χ1) is 10.2. The smallest absolute Gasteiger partial charge is 0.456 e. The van der Waals surface area contributed by atoms with Gasteiger partial charge in [0.2, 0.25) is 0 Å². The lowest BCUT2D eigenvalue weighted by molar-refractivity contribution is 0.00695. The van der Waals surface area contributed by atoms with E-state index in [-0.39, 0.29) is 19.0 Å². The Morgan fingerprint density at radius 2 is 1.55 bits per heavy atom. The summed E-state index contributed by atoms with van der Waals surface area (Å²) in [5.74, 6) is -0.144. The van der Waals surface area contributed by atoms with Crippen LogP contribution in [0, 0.1) is 0 Å². The Morgan fingerprint density at radius 1 is 1.05 bits per heavy atom. The van der Waals surface area contributed by atoms with Crippen LogP contribution in [0.1, 0.15) is 45.0 Å². The highest BCUT2D eigenvalue weighted by Crippen LogP contribution is 2.49. The van der Waals surface area contributed by atoms with Crippen molar-refractivity contribution in [3.8, 4) is 5.75 Å². The molecule has 0 heterocycles. The Morgan fingerprint density at radius 3 is 1.95 bits per heavy atom. The van der Waals surface area contributed by atoms with Gasteiger partial charge in [0.05, 0.1) is 18.8 Å². The first-order valence-corrected chi connectivity index (χ1v) is 8.57. The zero-order chi connectivity index (χ0) is 16.8. The van der Waals surface area contributed by atoms with Gasteiger partial charge in [0.1, 0.15) is 11.4 Å². The monoisotopic (exact) mass is 330 g/mol. The minimum Gasteiger partial charge on any atom is -0.456 e. The van der Waals surface area contributed by atoms with E-state index in [0.29, 0.717) is 5.56 Å². The molecule has 0 radical (unpaired) electrons. The number of hydrogen-bond donors (Lipinski definition) is 0. The minimum atomic E-state index is -3.63. The lowest BCUT2D eigenvalue weighted by Gasteiger charge is -2.20. The molecular weight excluding hydrogens is 307 g/mol. The summed E-state index contributed by atoms with van der Waals surface area (Å²) in [5, 5.41) is 0. The van der Waals surface area contributed by atoms with E-state index in [9.17, 15) is 9.36 Å². The molecule has 1 aromatic carbocycles. The van der Waals surface area contributed by atoms with E-state index in [2.05, 4.69) is 0 Å².